The largest absolute Gasteiger partial charge is 0.508 e. The second-order valence-corrected chi connectivity index (χ2v) is 3.57. The van der Waals surface area contributed by atoms with E-state index in [1.807, 2.05) is 0 Å². The highest BCUT2D eigenvalue weighted by Gasteiger charge is 2.15. The lowest BCUT2D eigenvalue weighted by atomic mass is 10.2. The fourth-order valence-electron chi connectivity index (χ4n) is 1.34. The first-order valence-electron chi connectivity index (χ1n) is 5.00. The van der Waals surface area contributed by atoms with Crippen LogP contribution in [-0.4, -0.2) is 27.5 Å². The number of nitrogens with zero attached hydrogens (tertiary/aromatic N) is 2. The highest BCUT2D eigenvalue weighted by Crippen LogP contribution is 2.28. The van der Waals surface area contributed by atoms with Gasteiger partial charge in [-0.1, -0.05) is 5.16 Å². The highest BCUT2D eigenvalue weighted by molar-refractivity contribution is 5.58. The summed E-state index contributed by atoms with van der Waals surface area (Å²) in [6, 6.07) is 4.07. The Morgan fingerprint density at radius 1 is 1.24 bits per heavy atom. The van der Waals surface area contributed by atoms with Crippen molar-refractivity contribution in [2.75, 3.05) is 7.11 Å². The summed E-state index contributed by atoms with van der Waals surface area (Å²) in [5, 5.41) is 22.4. The molecule has 0 aliphatic heterocycles. The van der Waals surface area contributed by atoms with Crippen LogP contribution in [0.25, 0.3) is 11.5 Å². The van der Waals surface area contributed by atoms with E-state index in [9.17, 15) is 10.2 Å². The Kier molecular flexibility index (Phi) is 2.97. The van der Waals surface area contributed by atoms with Crippen LogP contribution in [0.15, 0.2) is 22.7 Å². The molecule has 0 radical (unpaired) electrons. The van der Waals surface area contributed by atoms with E-state index in [0.29, 0.717) is 11.4 Å². The summed E-state index contributed by atoms with van der Waals surface area (Å²) in [6.45, 7) is 1.79. The lowest BCUT2D eigenvalue weighted by Crippen LogP contribution is -1.97. The molecule has 1 aromatic carbocycles. The van der Waals surface area contributed by atoms with Crippen molar-refractivity contribution in [2.24, 2.45) is 0 Å². The van der Waals surface area contributed by atoms with E-state index < -0.39 is 0 Å². The zero-order valence-electron chi connectivity index (χ0n) is 9.41. The predicted molar refractivity (Wildman–Crippen MR) is 58.5 cm³/mol. The zero-order chi connectivity index (χ0) is 12.4. The van der Waals surface area contributed by atoms with Crippen LogP contribution in [0.2, 0.25) is 0 Å². The molecule has 17 heavy (non-hydrogen) atoms. The average molecular weight is 236 g/mol. The third kappa shape index (κ3) is 2.36. The monoisotopic (exact) mass is 236 g/mol. The van der Waals surface area contributed by atoms with Gasteiger partial charge in [-0.15, -0.1) is 0 Å². The van der Waals surface area contributed by atoms with Crippen LogP contribution in [0.4, 0.5) is 0 Å². The molecule has 0 fully saturated rings. The van der Waals surface area contributed by atoms with E-state index >= 15 is 0 Å². The molecule has 2 aromatic rings. The van der Waals surface area contributed by atoms with Crippen molar-refractivity contribution >= 4 is 0 Å². The first-order chi connectivity index (χ1) is 8.10. The van der Waals surface area contributed by atoms with Gasteiger partial charge in [0.15, 0.2) is 0 Å². The predicted octanol–water partition coefficient (Wildman–Crippen LogP) is 1.86. The molecule has 2 N–H and O–H groups in total. The minimum Gasteiger partial charge on any atom is -0.508 e. The maximum Gasteiger partial charge on any atom is 0.258 e. The molecular formula is C11H12N2O4. The minimum atomic E-state index is -0.279. The van der Waals surface area contributed by atoms with Crippen molar-refractivity contribution in [3.05, 3.63) is 24.0 Å². The van der Waals surface area contributed by atoms with Crippen LogP contribution in [0.1, 0.15) is 18.9 Å². The number of aromatic hydroxyl groups is 2. The second kappa shape index (κ2) is 4.42. The normalized spacial score (nSPS) is 12.6. The number of rotatable bonds is 3. The van der Waals surface area contributed by atoms with Crippen molar-refractivity contribution < 1.29 is 19.5 Å². The van der Waals surface area contributed by atoms with Gasteiger partial charge in [-0.25, -0.2) is 0 Å². The average Bonchev–Trinajstić information content (AvgIpc) is 2.76. The number of hydrogen-bond donors (Lipinski definition) is 2. The summed E-state index contributed by atoms with van der Waals surface area (Å²) in [5.41, 5.74) is 0.449. The van der Waals surface area contributed by atoms with E-state index in [4.69, 9.17) is 9.26 Å². The molecule has 6 nitrogen and oxygen atoms in total. The Hall–Kier alpha value is -2.08. The van der Waals surface area contributed by atoms with E-state index in [1.54, 1.807) is 14.0 Å². The number of methoxy groups -OCH3 is 1. The Bertz CT molecular complexity index is 504. The first-order valence-corrected chi connectivity index (χ1v) is 5.00. The summed E-state index contributed by atoms with van der Waals surface area (Å²) < 4.78 is 10.1. The zero-order valence-corrected chi connectivity index (χ0v) is 9.41. The summed E-state index contributed by atoms with van der Waals surface area (Å²) in [7, 11) is 1.54. The van der Waals surface area contributed by atoms with Crippen LogP contribution in [0, 0.1) is 0 Å². The topological polar surface area (TPSA) is 88.6 Å². The molecule has 1 aromatic heterocycles. The Balaban J connectivity index is 2.36. The van der Waals surface area contributed by atoms with E-state index in [0.717, 1.165) is 0 Å². The number of hydrogen-bond acceptors (Lipinski definition) is 6. The smallest absolute Gasteiger partial charge is 0.258 e. The molecule has 0 saturated heterocycles. The van der Waals surface area contributed by atoms with Gasteiger partial charge in [0.25, 0.3) is 5.89 Å². The van der Waals surface area contributed by atoms with Gasteiger partial charge in [0.2, 0.25) is 5.82 Å². The van der Waals surface area contributed by atoms with Gasteiger partial charge in [-0.3, -0.25) is 0 Å². The van der Waals surface area contributed by atoms with Gasteiger partial charge in [0, 0.05) is 18.7 Å². The molecule has 0 spiro atoms. The summed E-state index contributed by atoms with van der Waals surface area (Å²) in [4.78, 5) is 4.11. The second-order valence-electron chi connectivity index (χ2n) is 3.57. The third-order valence-corrected chi connectivity index (χ3v) is 2.31. The van der Waals surface area contributed by atoms with Crippen molar-refractivity contribution in [2.45, 2.75) is 13.0 Å². The van der Waals surface area contributed by atoms with E-state index in [-0.39, 0.29) is 23.5 Å². The SMILES string of the molecule is COC(C)c1noc(-c2cc(O)cc(O)c2)n1. The van der Waals surface area contributed by atoms with Crippen molar-refractivity contribution in [1.29, 1.82) is 0 Å². The van der Waals surface area contributed by atoms with Crippen LogP contribution in [-0.2, 0) is 4.74 Å². The van der Waals surface area contributed by atoms with E-state index in [2.05, 4.69) is 10.1 Å². The van der Waals surface area contributed by atoms with Crippen LogP contribution in [0.5, 0.6) is 11.5 Å². The van der Waals surface area contributed by atoms with Gasteiger partial charge < -0.3 is 19.5 Å². The molecule has 0 saturated carbocycles. The van der Waals surface area contributed by atoms with Gasteiger partial charge >= 0.3 is 0 Å². The van der Waals surface area contributed by atoms with Crippen molar-refractivity contribution in [3.63, 3.8) is 0 Å². The van der Waals surface area contributed by atoms with Crippen LogP contribution < -0.4 is 0 Å². The molecule has 0 amide bonds. The molecule has 1 unspecified atom stereocenters. The maximum absolute atomic E-state index is 9.34. The molecule has 6 heteroatoms. The quantitative estimate of drug-likeness (QED) is 0.845. The lowest BCUT2D eigenvalue weighted by Gasteiger charge is -2.01. The molecule has 2 rings (SSSR count). The van der Waals surface area contributed by atoms with Gasteiger partial charge in [0.05, 0.1) is 0 Å². The summed E-state index contributed by atoms with van der Waals surface area (Å²) in [6.07, 6.45) is -0.279. The number of ether oxygens (including phenoxy) is 1. The Morgan fingerprint density at radius 3 is 2.47 bits per heavy atom. The molecule has 0 aliphatic carbocycles. The fraction of sp³-hybridized carbons (Fsp3) is 0.273. The highest BCUT2D eigenvalue weighted by atomic mass is 16.5. The van der Waals surface area contributed by atoms with Crippen LogP contribution >= 0.6 is 0 Å². The maximum atomic E-state index is 9.34. The number of phenolic OH excluding ortho intramolecular Hbond substituents is 2. The molecule has 90 valence electrons. The van der Waals surface area contributed by atoms with Crippen LogP contribution in [0.3, 0.4) is 0 Å². The molecular weight excluding hydrogens is 224 g/mol. The fourth-order valence-corrected chi connectivity index (χ4v) is 1.34. The Morgan fingerprint density at radius 2 is 1.88 bits per heavy atom. The first kappa shape index (κ1) is 11.4. The lowest BCUT2D eigenvalue weighted by molar-refractivity contribution is 0.109. The van der Waals surface area contributed by atoms with Crippen molar-refractivity contribution in [1.82, 2.24) is 10.1 Å². The van der Waals surface area contributed by atoms with Gasteiger partial charge in [0.1, 0.15) is 17.6 Å². The minimum absolute atomic E-state index is 0.0699. The van der Waals surface area contributed by atoms with Gasteiger partial charge in [-0.05, 0) is 19.1 Å². The Labute approximate surface area is 97.5 Å². The number of benzene rings is 1. The molecule has 0 bridgehead atoms. The summed E-state index contributed by atoms with van der Waals surface area (Å²) >= 11 is 0. The third-order valence-electron chi connectivity index (χ3n) is 2.31. The molecule has 1 atom stereocenters. The van der Waals surface area contributed by atoms with Crippen molar-refractivity contribution in [3.8, 4) is 23.0 Å². The van der Waals surface area contributed by atoms with E-state index in [1.165, 1.54) is 18.2 Å². The van der Waals surface area contributed by atoms with Gasteiger partial charge in [-0.2, -0.15) is 4.98 Å². The molecule has 0 aliphatic rings. The summed E-state index contributed by atoms with van der Waals surface area (Å²) in [5.74, 6) is 0.486. The number of aromatic nitrogens is 2. The molecule has 1 heterocycles. The standard InChI is InChI=1S/C11H12N2O4/c1-6(16-2)10-12-11(17-13-10)7-3-8(14)5-9(15)4-7/h3-6,14-15H,1-2H3. The number of phenols is 2.